The lowest BCUT2D eigenvalue weighted by atomic mass is 10.1. The molecule has 0 radical (unpaired) electrons. The molecule has 1 unspecified atom stereocenters. The Labute approximate surface area is 164 Å². The van der Waals surface area contributed by atoms with E-state index >= 15 is 0 Å². The molecule has 0 saturated heterocycles. The zero-order valence-electron chi connectivity index (χ0n) is 16.3. The molecule has 0 aliphatic carbocycles. The largest absolute Gasteiger partial charge is 0.449 e. The lowest BCUT2D eigenvalue weighted by molar-refractivity contribution is -0.125. The smallest absolute Gasteiger partial charge is 0.339 e. The molecule has 0 aliphatic heterocycles. The van der Waals surface area contributed by atoms with Crippen molar-refractivity contribution in [1.82, 2.24) is 5.16 Å². The third-order valence-electron chi connectivity index (χ3n) is 4.10. The van der Waals surface area contributed by atoms with Crippen LogP contribution in [0.15, 0.2) is 33.7 Å². The molecule has 28 heavy (non-hydrogen) atoms. The van der Waals surface area contributed by atoms with Crippen LogP contribution in [0.1, 0.15) is 47.9 Å². The van der Waals surface area contributed by atoms with Crippen LogP contribution in [0.4, 0.5) is 5.82 Å². The Bertz CT molecular complexity index is 965. The third-order valence-corrected chi connectivity index (χ3v) is 5.21. The highest BCUT2D eigenvalue weighted by atomic mass is 32.2. The number of sulfone groups is 1. The number of aryl methyl sites for hydroxylation is 2. The highest BCUT2D eigenvalue weighted by Gasteiger charge is 2.25. The van der Waals surface area contributed by atoms with Crippen molar-refractivity contribution in [3.63, 3.8) is 0 Å². The minimum absolute atomic E-state index is 0.0117. The average Bonchev–Trinajstić information content (AvgIpc) is 3.02. The molecule has 9 heteroatoms. The van der Waals surface area contributed by atoms with Crippen molar-refractivity contribution >= 4 is 27.5 Å². The number of nitrogens with zero attached hydrogens (tertiary/aromatic N) is 1. The molecule has 0 bridgehead atoms. The Hall–Kier alpha value is -2.68. The number of hydrogen-bond donors (Lipinski definition) is 1. The van der Waals surface area contributed by atoms with Crippen molar-refractivity contribution in [2.75, 3.05) is 11.6 Å². The number of anilines is 1. The summed E-state index contributed by atoms with van der Waals surface area (Å²) < 4.78 is 33.9. The van der Waals surface area contributed by atoms with Gasteiger partial charge in [0, 0.05) is 12.3 Å². The van der Waals surface area contributed by atoms with Gasteiger partial charge in [0.05, 0.1) is 10.5 Å². The first-order valence-corrected chi connectivity index (χ1v) is 10.8. The highest BCUT2D eigenvalue weighted by Crippen LogP contribution is 2.19. The molecule has 1 aromatic heterocycles. The summed E-state index contributed by atoms with van der Waals surface area (Å²) >= 11 is 0. The second-order valence-corrected chi connectivity index (χ2v) is 8.61. The first-order valence-electron chi connectivity index (χ1n) is 8.87. The Morgan fingerprint density at radius 2 is 1.96 bits per heavy atom. The lowest BCUT2D eigenvalue weighted by Crippen LogP contribution is -2.33. The average molecular weight is 408 g/mol. The van der Waals surface area contributed by atoms with Crippen LogP contribution in [0.2, 0.25) is 0 Å². The van der Waals surface area contributed by atoms with Crippen molar-refractivity contribution in [2.45, 2.75) is 51.0 Å². The SMILES string of the molecule is CCCCC(OC(=O)c1cc(S(C)(=O)=O)ccc1C)C(=O)Nc1cc(C)on1. The normalized spacial score (nSPS) is 12.4. The minimum Gasteiger partial charge on any atom is -0.449 e. The third kappa shape index (κ3) is 5.66. The minimum atomic E-state index is -3.48. The van der Waals surface area contributed by atoms with Gasteiger partial charge in [0.25, 0.3) is 5.91 Å². The summed E-state index contributed by atoms with van der Waals surface area (Å²) in [5, 5.41) is 6.26. The van der Waals surface area contributed by atoms with Crippen molar-refractivity contribution in [3.8, 4) is 0 Å². The van der Waals surface area contributed by atoms with Crippen LogP contribution in [0.3, 0.4) is 0 Å². The summed E-state index contributed by atoms with van der Waals surface area (Å²) in [6, 6.07) is 5.78. The maximum Gasteiger partial charge on any atom is 0.339 e. The molecule has 0 aliphatic rings. The topological polar surface area (TPSA) is 116 Å². The van der Waals surface area contributed by atoms with Crippen LogP contribution in [-0.2, 0) is 19.4 Å². The van der Waals surface area contributed by atoms with Gasteiger partial charge in [0.1, 0.15) is 5.76 Å². The summed E-state index contributed by atoms with van der Waals surface area (Å²) in [6.45, 7) is 5.31. The predicted molar refractivity (Wildman–Crippen MR) is 103 cm³/mol. The fourth-order valence-corrected chi connectivity index (χ4v) is 3.16. The number of unbranched alkanes of at least 4 members (excludes halogenated alkanes) is 1. The second-order valence-electron chi connectivity index (χ2n) is 6.60. The van der Waals surface area contributed by atoms with Crippen LogP contribution in [0.5, 0.6) is 0 Å². The summed E-state index contributed by atoms with van der Waals surface area (Å²) in [4.78, 5) is 25.2. The van der Waals surface area contributed by atoms with Gasteiger partial charge in [-0.1, -0.05) is 24.6 Å². The standard InChI is InChI=1S/C19H24N2O6S/c1-5-6-7-16(18(22)20-17-10-13(3)27-21-17)26-19(23)15-11-14(28(4,24)25)9-8-12(15)2/h8-11,16H,5-7H2,1-4H3,(H,20,21,22). The van der Waals surface area contributed by atoms with Crippen LogP contribution in [0, 0.1) is 13.8 Å². The molecule has 2 rings (SSSR count). The van der Waals surface area contributed by atoms with E-state index in [4.69, 9.17) is 9.26 Å². The van der Waals surface area contributed by atoms with Gasteiger partial charge < -0.3 is 14.6 Å². The molecule has 0 fully saturated rings. The number of aromatic nitrogens is 1. The molecule has 0 saturated carbocycles. The molecular weight excluding hydrogens is 384 g/mol. The van der Waals surface area contributed by atoms with E-state index in [2.05, 4.69) is 10.5 Å². The van der Waals surface area contributed by atoms with E-state index < -0.39 is 27.8 Å². The van der Waals surface area contributed by atoms with Gasteiger partial charge in [-0.15, -0.1) is 0 Å². The van der Waals surface area contributed by atoms with Crippen molar-refractivity contribution in [3.05, 3.63) is 41.2 Å². The maximum absolute atomic E-state index is 12.6. The van der Waals surface area contributed by atoms with Crippen LogP contribution in [0.25, 0.3) is 0 Å². The van der Waals surface area contributed by atoms with E-state index in [9.17, 15) is 18.0 Å². The molecule has 1 aromatic carbocycles. The Morgan fingerprint density at radius 3 is 2.54 bits per heavy atom. The lowest BCUT2D eigenvalue weighted by Gasteiger charge is -2.17. The summed E-state index contributed by atoms with van der Waals surface area (Å²) in [7, 11) is -3.48. The van der Waals surface area contributed by atoms with E-state index in [1.54, 1.807) is 19.9 Å². The van der Waals surface area contributed by atoms with Crippen LogP contribution < -0.4 is 5.32 Å². The van der Waals surface area contributed by atoms with Crippen molar-refractivity contribution in [1.29, 1.82) is 0 Å². The van der Waals surface area contributed by atoms with E-state index in [1.165, 1.54) is 18.2 Å². The van der Waals surface area contributed by atoms with Crippen LogP contribution in [-0.4, -0.2) is 37.8 Å². The zero-order valence-corrected chi connectivity index (χ0v) is 17.1. The summed E-state index contributed by atoms with van der Waals surface area (Å²) in [6.07, 6.45) is 1.84. The van der Waals surface area contributed by atoms with E-state index in [-0.39, 0.29) is 16.3 Å². The summed E-state index contributed by atoms with van der Waals surface area (Å²) in [5.41, 5.74) is 0.661. The van der Waals surface area contributed by atoms with Gasteiger partial charge in [-0.25, -0.2) is 13.2 Å². The monoisotopic (exact) mass is 408 g/mol. The molecule has 152 valence electrons. The number of carbonyl (C=O) groups excluding carboxylic acids is 2. The highest BCUT2D eigenvalue weighted by molar-refractivity contribution is 7.90. The molecule has 8 nitrogen and oxygen atoms in total. The molecule has 1 N–H and O–H groups in total. The van der Waals surface area contributed by atoms with Crippen molar-refractivity contribution < 1.29 is 27.3 Å². The molecule has 1 amide bonds. The van der Waals surface area contributed by atoms with Gasteiger partial charge in [-0.2, -0.15) is 0 Å². The molecule has 1 atom stereocenters. The number of hydrogen-bond acceptors (Lipinski definition) is 7. The number of benzene rings is 1. The number of esters is 1. The first kappa shape index (κ1) is 21.6. The fourth-order valence-electron chi connectivity index (χ4n) is 2.51. The van der Waals surface area contributed by atoms with E-state index in [0.717, 1.165) is 12.7 Å². The van der Waals surface area contributed by atoms with Crippen molar-refractivity contribution in [2.24, 2.45) is 0 Å². The maximum atomic E-state index is 12.6. The molecular formula is C19H24N2O6S. The van der Waals surface area contributed by atoms with Gasteiger partial charge >= 0.3 is 5.97 Å². The predicted octanol–water partition coefficient (Wildman–Crippen LogP) is 3.05. The number of ether oxygens (including phenoxy) is 1. The Morgan fingerprint density at radius 1 is 1.25 bits per heavy atom. The van der Waals surface area contributed by atoms with Gasteiger partial charge in [-0.05, 0) is 44.4 Å². The van der Waals surface area contributed by atoms with Gasteiger partial charge in [-0.3, -0.25) is 4.79 Å². The van der Waals surface area contributed by atoms with Gasteiger partial charge in [0.15, 0.2) is 21.8 Å². The zero-order chi connectivity index (χ0) is 20.9. The van der Waals surface area contributed by atoms with Crippen LogP contribution >= 0.6 is 0 Å². The molecule has 2 aromatic rings. The van der Waals surface area contributed by atoms with E-state index in [0.29, 0.717) is 24.2 Å². The Kier molecular flexibility index (Phi) is 6.95. The number of rotatable bonds is 8. The number of carbonyl (C=O) groups is 2. The van der Waals surface area contributed by atoms with Gasteiger partial charge in [0.2, 0.25) is 0 Å². The second kappa shape index (κ2) is 9.01. The summed E-state index contributed by atoms with van der Waals surface area (Å²) in [5.74, 6) is -0.511. The Balaban J connectivity index is 2.21. The molecule has 1 heterocycles. The first-order chi connectivity index (χ1) is 13.1. The fraction of sp³-hybridized carbons (Fsp3) is 0.421. The molecule has 0 spiro atoms. The quantitative estimate of drug-likeness (QED) is 0.667. The number of amides is 1. The number of nitrogens with one attached hydrogen (secondary N) is 1. The van der Waals surface area contributed by atoms with E-state index in [1.807, 2.05) is 6.92 Å².